The Hall–Kier alpha value is -2.62. The topological polar surface area (TPSA) is 40.6 Å². The van der Waals surface area contributed by atoms with E-state index in [1.807, 2.05) is 60.0 Å². The van der Waals surface area contributed by atoms with E-state index in [0.29, 0.717) is 25.9 Å². The quantitative estimate of drug-likeness (QED) is 0.769. The number of rotatable bonds is 6. The second-order valence-corrected chi connectivity index (χ2v) is 7.76. The summed E-state index contributed by atoms with van der Waals surface area (Å²) in [5, 5.41) is 0. The number of aryl methyl sites for hydroxylation is 2. The third-order valence-electron chi connectivity index (χ3n) is 5.57. The van der Waals surface area contributed by atoms with Crippen molar-refractivity contribution in [3.05, 3.63) is 71.8 Å². The van der Waals surface area contributed by atoms with Crippen LogP contribution >= 0.6 is 0 Å². The number of carbonyl (C=O) groups excluding carboxylic acids is 2. The molecule has 0 saturated carbocycles. The van der Waals surface area contributed by atoms with Crippen LogP contribution in [0.2, 0.25) is 0 Å². The minimum absolute atomic E-state index is 0.0557. The van der Waals surface area contributed by atoms with Crippen molar-refractivity contribution in [2.45, 2.75) is 51.6 Å². The second kappa shape index (κ2) is 9.54. The summed E-state index contributed by atoms with van der Waals surface area (Å²) in [6.45, 7) is 5.32. The highest BCUT2D eigenvalue weighted by molar-refractivity contribution is 5.79. The van der Waals surface area contributed by atoms with Crippen molar-refractivity contribution < 1.29 is 9.59 Å². The molecule has 2 atom stereocenters. The Labute approximate surface area is 168 Å². The molecule has 1 saturated heterocycles. The maximum Gasteiger partial charge on any atom is 0.223 e. The first-order valence-corrected chi connectivity index (χ1v) is 10.2. The SMILES string of the molecule is C[C@H]1CN(C(=O)CCc2ccccc2)[C@@H](C)CN1C(=O)CCc1ccccc1. The van der Waals surface area contributed by atoms with Crippen molar-refractivity contribution in [1.82, 2.24) is 9.80 Å². The Balaban J connectivity index is 1.51. The van der Waals surface area contributed by atoms with Gasteiger partial charge in [0.15, 0.2) is 0 Å². The summed E-state index contributed by atoms with van der Waals surface area (Å²) < 4.78 is 0. The van der Waals surface area contributed by atoms with Crippen LogP contribution in [0.15, 0.2) is 60.7 Å². The van der Waals surface area contributed by atoms with Gasteiger partial charge in [-0.2, -0.15) is 0 Å². The molecule has 0 aliphatic carbocycles. The molecule has 0 radical (unpaired) electrons. The van der Waals surface area contributed by atoms with Gasteiger partial charge in [0.2, 0.25) is 11.8 Å². The first-order chi connectivity index (χ1) is 13.5. The standard InChI is InChI=1S/C24H30N2O2/c1-19-17-26(24(28)16-14-22-11-7-4-8-12-22)20(2)18-25(19)23(27)15-13-21-9-5-3-6-10-21/h3-12,19-20H,13-18H2,1-2H3/t19-,20-/m0/s1. The average Bonchev–Trinajstić information content (AvgIpc) is 2.73. The van der Waals surface area contributed by atoms with E-state index in [1.165, 1.54) is 11.1 Å². The van der Waals surface area contributed by atoms with Crippen LogP contribution in [0.3, 0.4) is 0 Å². The van der Waals surface area contributed by atoms with Gasteiger partial charge in [0.1, 0.15) is 0 Å². The predicted octanol–water partition coefficient (Wildman–Crippen LogP) is 3.70. The molecule has 1 fully saturated rings. The molecule has 4 heteroatoms. The number of hydrogen-bond acceptors (Lipinski definition) is 2. The lowest BCUT2D eigenvalue weighted by Gasteiger charge is -2.44. The molecule has 2 aromatic carbocycles. The molecule has 0 N–H and O–H groups in total. The van der Waals surface area contributed by atoms with Crippen LogP contribution in [0.4, 0.5) is 0 Å². The summed E-state index contributed by atoms with van der Waals surface area (Å²) in [5.41, 5.74) is 2.37. The first kappa shape index (κ1) is 20.1. The van der Waals surface area contributed by atoms with E-state index >= 15 is 0 Å². The van der Waals surface area contributed by atoms with Crippen LogP contribution in [0.5, 0.6) is 0 Å². The molecule has 1 aliphatic rings. The van der Waals surface area contributed by atoms with Crippen LogP contribution in [0, 0.1) is 0 Å². The minimum atomic E-state index is 0.0557. The lowest BCUT2D eigenvalue weighted by atomic mass is 10.0. The zero-order valence-electron chi connectivity index (χ0n) is 16.9. The van der Waals surface area contributed by atoms with E-state index in [9.17, 15) is 9.59 Å². The van der Waals surface area contributed by atoms with Crippen molar-refractivity contribution in [2.75, 3.05) is 13.1 Å². The van der Waals surface area contributed by atoms with Crippen molar-refractivity contribution in [3.8, 4) is 0 Å². The molecule has 2 aromatic rings. The van der Waals surface area contributed by atoms with Gasteiger partial charge in [0.25, 0.3) is 0 Å². The molecule has 4 nitrogen and oxygen atoms in total. The number of hydrogen-bond donors (Lipinski definition) is 0. The molecular weight excluding hydrogens is 348 g/mol. The maximum absolute atomic E-state index is 12.7. The maximum atomic E-state index is 12.7. The number of benzene rings is 2. The fourth-order valence-electron chi connectivity index (χ4n) is 3.90. The van der Waals surface area contributed by atoms with Crippen LogP contribution < -0.4 is 0 Å². The smallest absolute Gasteiger partial charge is 0.223 e. The minimum Gasteiger partial charge on any atom is -0.336 e. The normalized spacial score (nSPS) is 19.5. The lowest BCUT2D eigenvalue weighted by molar-refractivity contribution is -0.145. The number of carbonyl (C=O) groups is 2. The number of amides is 2. The highest BCUT2D eigenvalue weighted by Crippen LogP contribution is 2.19. The van der Waals surface area contributed by atoms with Crippen LogP contribution in [-0.4, -0.2) is 46.8 Å². The Morgan fingerprint density at radius 2 is 1.07 bits per heavy atom. The largest absolute Gasteiger partial charge is 0.336 e. The van der Waals surface area contributed by atoms with Gasteiger partial charge in [-0.25, -0.2) is 0 Å². The summed E-state index contributed by atoms with van der Waals surface area (Å²) >= 11 is 0. The Kier molecular flexibility index (Phi) is 6.85. The molecule has 28 heavy (non-hydrogen) atoms. The van der Waals surface area contributed by atoms with E-state index in [1.54, 1.807) is 0 Å². The molecular formula is C24H30N2O2. The summed E-state index contributed by atoms with van der Waals surface area (Å²) in [6, 6.07) is 20.3. The molecule has 0 bridgehead atoms. The van der Waals surface area contributed by atoms with Gasteiger partial charge in [-0.3, -0.25) is 9.59 Å². The molecule has 0 unspecified atom stereocenters. The van der Waals surface area contributed by atoms with E-state index < -0.39 is 0 Å². The highest BCUT2D eigenvalue weighted by atomic mass is 16.2. The molecule has 148 valence electrons. The Morgan fingerprint density at radius 1 is 0.714 bits per heavy atom. The summed E-state index contributed by atoms with van der Waals surface area (Å²) in [7, 11) is 0. The Bertz CT molecular complexity index is 708. The highest BCUT2D eigenvalue weighted by Gasteiger charge is 2.33. The van der Waals surface area contributed by atoms with Gasteiger partial charge < -0.3 is 9.80 Å². The fraction of sp³-hybridized carbons (Fsp3) is 0.417. The van der Waals surface area contributed by atoms with E-state index in [4.69, 9.17) is 0 Å². The third kappa shape index (κ3) is 5.22. The van der Waals surface area contributed by atoms with Crippen LogP contribution in [-0.2, 0) is 22.4 Å². The molecule has 2 amide bonds. The van der Waals surface area contributed by atoms with Gasteiger partial charge in [0.05, 0.1) is 0 Å². The zero-order valence-corrected chi connectivity index (χ0v) is 16.9. The predicted molar refractivity (Wildman–Crippen MR) is 112 cm³/mol. The van der Waals surface area contributed by atoms with E-state index in [0.717, 1.165) is 12.8 Å². The average molecular weight is 379 g/mol. The van der Waals surface area contributed by atoms with Crippen LogP contribution in [0.25, 0.3) is 0 Å². The van der Waals surface area contributed by atoms with Crippen molar-refractivity contribution in [1.29, 1.82) is 0 Å². The van der Waals surface area contributed by atoms with Crippen LogP contribution in [0.1, 0.15) is 37.8 Å². The van der Waals surface area contributed by atoms with Gasteiger partial charge in [-0.05, 0) is 37.8 Å². The Morgan fingerprint density at radius 3 is 1.43 bits per heavy atom. The van der Waals surface area contributed by atoms with E-state index in [-0.39, 0.29) is 23.9 Å². The monoisotopic (exact) mass is 378 g/mol. The molecule has 3 rings (SSSR count). The second-order valence-electron chi connectivity index (χ2n) is 7.76. The van der Waals surface area contributed by atoms with Crippen molar-refractivity contribution in [3.63, 3.8) is 0 Å². The lowest BCUT2D eigenvalue weighted by Crippen LogP contribution is -2.59. The molecule has 0 aromatic heterocycles. The third-order valence-corrected chi connectivity index (χ3v) is 5.57. The van der Waals surface area contributed by atoms with Gasteiger partial charge >= 0.3 is 0 Å². The van der Waals surface area contributed by atoms with Gasteiger partial charge in [-0.15, -0.1) is 0 Å². The number of piperazine rings is 1. The van der Waals surface area contributed by atoms with Crippen molar-refractivity contribution in [2.24, 2.45) is 0 Å². The van der Waals surface area contributed by atoms with Gasteiger partial charge in [0, 0.05) is 38.0 Å². The van der Waals surface area contributed by atoms with Gasteiger partial charge in [-0.1, -0.05) is 60.7 Å². The number of nitrogens with zero attached hydrogens (tertiary/aromatic N) is 2. The fourth-order valence-corrected chi connectivity index (χ4v) is 3.90. The summed E-state index contributed by atoms with van der Waals surface area (Å²) in [5.74, 6) is 0.360. The molecule has 1 heterocycles. The van der Waals surface area contributed by atoms with Crippen molar-refractivity contribution >= 4 is 11.8 Å². The van der Waals surface area contributed by atoms with E-state index in [2.05, 4.69) is 24.3 Å². The summed E-state index contributed by atoms with van der Waals surface area (Å²) in [6.07, 6.45) is 2.56. The summed E-state index contributed by atoms with van der Waals surface area (Å²) in [4.78, 5) is 29.4. The molecule has 1 aliphatic heterocycles. The first-order valence-electron chi connectivity index (χ1n) is 10.2. The zero-order chi connectivity index (χ0) is 19.9. The molecule has 0 spiro atoms.